The van der Waals surface area contributed by atoms with Crippen molar-refractivity contribution in [1.82, 2.24) is 9.55 Å². The highest BCUT2D eigenvalue weighted by atomic mass is 19.1. The highest BCUT2D eigenvalue weighted by Gasteiger charge is 2.06. The standard InChI is InChI=1S/C13H15FN2O/c1-10(2)16-9-15-7-12(16)8-17-13-5-3-4-11(14)6-13/h3-7,9-10H,8H2,1-2H3. The van der Waals surface area contributed by atoms with Crippen molar-refractivity contribution in [2.24, 2.45) is 0 Å². The van der Waals surface area contributed by atoms with Crippen LogP contribution < -0.4 is 4.74 Å². The fourth-order valence-electron chi connectivity index (χ4n) is 1.62. The molecule has 0 saturated heterocycles. The number of benzene rings is 1. The molecule has 17 heavy (non-hydrogen) atoms. The van der Waals surface area contributed by atoms with Crippen LogP contribution in [-0.4, -0.2) is 9.55 Å². The van der Waals surface area contributed by atoms with Gasteiger partial charge in [-0.1, -0.05) is 6.07 Å². The van der Waals surface area contributed by atoms with Crippen LogP contribution in [0.4, 0.5) is 4.39 Å². The zero-order valence-electron chi connectivity index (χ0n) is 9.93. The van der Waals surface area contributed by atoms with Gasteiger partial charge >= 0.3 is 0 Å². The van der Waals surface area contributed by atoms with E-state index >= 15 is 0 Å². The lowest BCUT2D eigenvalue weighted by Crippen LogP contribution is -2.07. The zero-order valence-corrected chi connectivity index (χ0v) is 9.93. The molecule has 0 aliphatic heterocycles. The van der Waals surface area contributed by atoms with Crippen LogP contribution >= 0.6 is 0 Å². The van der Waals surface area contributed by atoms with Crippen LogP contribution in [0.5, 0.6) is 5.75 Å². The highest BCUT2D eigenvalue weighted by molar-refractivity contribution is 5.22. The van der Waals surface area contributed by atoms with E-state index in [1.807, 2.05) is 4.57 Å². The number of hydrogen-bond donors (Lipinski definition) is 0. The van der Waals surface area contributed by atoms with Crippen LogP contribution in [0.2, 0.25) is 0 Å². The van der Waals surface area contributed by atoms with Gasteiger partial charge in [-0.25, -0.2) is 9.37 Å². The SMILES string of the molecule is CC(C)n1cncc1COc1cccc(F)c1. The van der Waals surface area contributed by atoms with E-state index in [1.165, 1.54) is 12.1 Å². The van der Waals surface area contributed by atoms with Crippen LogP contribution in [0.1, 0.15) is 25.6 Å². The second-order valence-corrected chi connectivity index (χ2v) is 4.13. The summed E-state index contributed by atoms with van der Waals surface area (Å²) in [5, 5.41) is 0. The smallest absolute Gasteiger partial charge is 0.130 e. The van der Waals surface area contributed by atoms with E-state index in [2.05, 4.69) is 18.8 Å². The molecule has 0 fully saturated rings. The second kappa shape index (κ2) is 4.99. The van der Waals surface area contributed by atoms with E-state index in [0.717, 1.165) is 5.69 Å². The molecule has 4 heteroatoms. The van der Waals surface area contributed by atoms with Gasteiger partial charge in [-0.2, -0.15) is 0 Å². The van der Waals surface area contributed by atoms with Gasteiger partial charge in [0.1, 0.15) is 18.2 Å². The Morgan fingerprint density at radius 1 is 1.41 bits per heavy atom. The van der Waals surface area contributed by atoms with E-state index < -0.39 is 0 Å². The largest absolute Gasteiger partial charge is 0.487 e. The minimum atomic E-state index is -0.292. The van der Waals surface area contributed by atoms with E-state index in [4.69, 9.17) is 4.74 Å². The summed E-state index contributed by atoms with van der Waals surface area (Å²) in [5.41, 5.74) is 0.976. The Labute approximate surface area is 99.9 Å². The molecule has 0 unspecified atom stereocenters. The van der Waals surface area contributed by atoms with Crippen molar-refractivity contribution in [1.29, 1.82) is 0 Å². The number of nitrogens with zero attached hydrogens (tertiary/aromatic N) is 2. The van der Waals surface area contributed by atoms with Gasteiger partial charge in [0, 0.05) is 12.1 Å². The fraction of sp³-hybridized carbons (Fsp3) is 0.308. The monoisotopic (exact) mass is 234 g/mol. The van der Waals surface area contributed by atoms with Gasteiger partial charge in [0.2, 0.25) is 0 Å². The predicted molar refractivity (Wildman–Crippen MR) is 63.3 cm³/mol. The van der Waals surface area contributed by atoms with Gasteiger partial charge in [0.15, 0.2) is 0 Å². The molecule has 0 bridgehead atoms. The quantitative estimate of drug-likeness (QED) is 0.812. The first-order valence-electron chi connectivity index (χ1n) is 5.56. The van der Waals surface area contributed by atoms with Crippen molar-refractivity contribution in [2.75, 3.05) is 0 Å². The van der Waals surface area contributed by atoms with E-state index in [1.54, 1.807) is 24.7 Å². The summed E-state index contributed by atoms with van der Waals surface area (Å²) in [5.74, 6) is 0.237. The summed E-state index contributed by atoms with van der Waals surface area (Å²) in [6.45, 7) is 4.54. The van der Waals surface area contributed by atoms with Crippen LogP contribution in [0, 0.1) is 5.82 Å². The van der Waals surface area contributed by atoms with Crippen LogP contribution in [0.15, 0.2) is 36.8 Å². The molecule has 2 aromatic rings. The van der Waals surface area contributed by atoms with Crippen LogP contribution in [0.25, 0.3) is 0 Å². The third-order valence-electron chi connectivity index (χ3n) is 2.49. The van der Waals surface area contributed by atoms with Crippen LogP contribution in [0.3, 0.4) is 0 Å². The van der Waals surface area contributed by atoms with Crippen LogP contribution in [-0.2, 0) is 6.61 Å². The van der Waals surface area contributed by atoms with Gasteiger partial charge < -0.3 is 9.30 Å². The molecule has 0 radical (unpaired) electrons. The van der Waals surface area contributed by atoms with Gasteiger partial charge in [0.05, 0.1) is 18.2 Å². The molecule has 0 aliphatic carbocycles. The molecule has 1 heterocycles. The molecular weight excluding hydrogens is 219 g/mol. The first-order valence-corrected chi connectivity index (χ1v) is 5.56. The average molecular weight is 234 g/mol. The number of imidazole rings is 1. The molecule has 0 N–H and O–H groups in total. The fourth-order valence-corrected chi connectivity index (χ4v) is 1.62. The summed E-state index contributed by atoms with van der Waals surface area (Å²) in [7, 11) is 0. The van der Waals surface area contributed by atoms with Gasteiger partial charge in [-0.3, -0.25) is 0 Å². The summed E-state index contributed by atoms with van der Waals surface area (Å²) < 4.78 is 20.5. The van der Waals surface area contributed by atoms with Gasteiger partial charge in [-0.05, 0) is 26.0 Å². The molecule has 1 aromatic carbocycles. The maximum atomic E-state index is 12.9. The first kappa shape index (κ1) is 11.6. The number of aromatic nitrogens is 2. The third kappa shape index (κ3) is 2.84. The van der Waals surface area contributed by atoms with Crippen molar-refractivity contribution < 1.29 is 9.13 Å². The summed E-state index contributed by atoms with van der Waals surface area (Å²) in [6, 6.07) is 6.47. The second-order valence-electron chi connectivity index (χ2n) is 4.13. The van der Waals surface area contributed by atoms with Crippen molar-refractivity contribution in [3.63, 3.8) is 0 Å². The first-order chi connectivity index (χ1) is 8.16. The van der Waals surface area contributed by atoms with E-state index in [9.17, 15) is 4.39 Å². The maximum Gasteiger partial charge on any atom is 0.130 e. The van der Waals surface area contributed by atoms with Crippen molar-refractivity contribution in [2.45, 2.75) is 26.5 Å². The van der Waals surface area contributed by atoms with Gasteiger partial charge in [-0.15, -0.1) is 0 Å². The molecule has 0 saturated carbocycles. The van der Waals surface area contributed by atoms with E-state index in [0.29, 0.717) is 18.4 Å². The lowest BCUT2D eigenvalue weighted by atomic mass is 10.3. The molecule has 1 aromatic heterocycles. The third-order valence-corrected chi connectivity index (χ3v) is 2.49. The van der Waals surface area contributed by atoms with Crippen molar-refractivity contribution in [3.05, 3.63) is 48.3 Å². The molecule has 90 valence electrons. The molecule has 0 spiro atoms. The van der Waals surface area contributed by atoms with Crippen molar-refractivity contribution in [3.8, 4) is 5.75 Å². The molecule has 0 atom stereocenters. The normalized spacial score (nSPS) is 10.8. The lowest BCUT2D eigenvalue weighted by Gasteiger charge is -2.12. The molecule has 2 rings (SSSR count). The molecule has 0 aliphatic rings. The Bertz CT molecular complexity index is 494. The maximum absolute atomic E-state index is 12.9. The Balaban J connectivity index is 2.05. The van der Waals surface area contributed by atoms with Gasteiger partial charge in [0.25, 0.3) is 0 Å². The summed E-state index contributed by atoms with van der Waals surface area (Å²) in [6.07, 6.45) is 3.54. The highest BCUT2D eigenvalue weighted by Crippen LogP contribution is 2.15. The number of hydrogen-bond acceptors (Lipinski definition) is 2. The average Bonchev–Trinajstić information content (AvgIpc) is 2.74. The topological polar surface area (TPSA) is 27.1 Å². The molecule has 3 nitrogen and oxygen atoms in total. The summed E-state index contributed by atoms with van der Waals surface area (Å²) >= 11 is 0. The molecular formula is C13H15FN2O. The number of rotatable bonds is 4. The zero-order chi connectivity index (χ0) is 12.3. The number of halogens is 1. The Hall–Kier alpha value is -1.84. The summed E-state index contributed by atoms with van der Waals surface area (Å²) in [4.78, 5) is 4.08. The lowest BCUT2D eigenvalue weighted by molar-refractivity contribution is 0.290. The van der Waals surface area contributed by atoms with E-state index in [-0.39, 0.29) is 5.82 Å². The van der Waals surface area contributed by atoms with Crippen molar-refractivity contribution >= 4 is 0 Å². The predicted octanol–water partition coefficient (Wildman–Crippen LogP) is 3.18. The Kier molecular flexibility index (Phi) is 3.42. The minimum absolute atomic E-state index is 0.292. The Morgan fingerprint density at radius 3 is 2.94 bits per heavy atom. The number of ether oxygens (including phenoxy) is 1. The minimum Gasteiger partial charge on any atom is -0.487 e. The molecule has 0 amide bonds. The Morgan fingerprint density at radius 2 is 2.24 bits per heavy atom.